The molecule has 0 bridgehead atoms. The Hall–Kier alpha value is -5.12. The molecule has 0 saturated heterocycles. The number of aromatic hydroxyl groups is 6. The monoisotopic (exact) mass is 466 g/mol. The summed E-state index contributed by atoms with van der Waals surface area (Å²) >= 11 is 0. The molecule has 1 aromatic heterocycles. The number of phenolic OH excluding ortho intramolecular Hbond substituents is 5. The number of carboxylic acids is 1. The van der Waals surface area contributed by atoms with Crippen LogP contribution in [0.25, 0.3) is 28.4 Å². The van der Waals surface area contributed by atoms with Crippen LogP contribution < -0.4 is 5.43 Å². The zero-order chi connectivity index (χ0) is 25.0. The summed E-state index contributed by atoms with van der Waals surface area (Å²) in [4.78, 5) is 22.2. The van der Waals surface area contributed by atoms with E-state index in [1.165, 1.54) is 54.6 Å². The average Bonchev–Trinajstić information content (AvgIpc) is 2.77. The number of carboxylic acid groups (broad SMARTS) is 1. The largest absolute Gasteiger partial charge is 0.508 e. The third-order valence-electron chi connectivity index (χ3n) is 4.48. The van der Waals surface area contributed by atoms with Crippen LogP contribution in [0, 0.1) is 0 Å². The van der Waals surface area contributed by atoms with Crippen molar-refractivity contribution >= 4 is 23.0 Å². The van der Waals surface area contributed by atoms with Gasteiger partial charge in [0, 0.05) is 23.8 Å². The van der Waals surface area contributed by atoms with Crippen LogP contribution in [0.3, 0.4) is 0 Å². The molecular weight excluding hydrogens is 448 g/mol. The molecule has 0 atom stereocenters. The molecule has 1 heterocycles. The third-order valence-corrected chi connectivity index (χ3v) is 4.48. The van der Waals surface area contributed by atoms with Gasteiger partial charge in [0.15, 0.2) is 17.3 Å². The molecule has 10 nitrogen and oxygen atoms in total. The Bertz CT molecular complexity index is 1450. The molecule has 0 spiro atoms. The van der Waals surface area contributed by atoms with Gasteiger partial charge in [0.05, 0.1) is 0 Å². The van der Waals surface area contributed by atoms with Crippen LogP contribution >= 0.6 is 0 Å². The fourth-order valence-corrected chi connectivity index (χ4v) is 2.90. The van der Waals surface area contributed by atoms with E-state index >= 15 is 0 Å². The molecule has 34 heavy (non-hydrogen) atoms. The van der Waals surface area contributed by atoms with Gasteiger partial charge in [0.2, 0.25) is 11.2 Å². The number of hydrogen-bond acceptors (Lipinski definition) is 9. The van der Waals surface area contributed by atoms with E-state index in [1.807, 2.05) is 0 Å². The normalized spacial score (nSPS) is 10.7. The molecule has 0 aliphatic rings. The van der Waals surface area contributed by atoms with E-state index in [2.05, 4.69) is 0 Å². The molecule has 0 amide bonds. The molecular formula is C24H18O10. The molecule has 10 heteroatoms. The number of benzene rings is 3. The van der Waals surface area contributed by atoms with Crippen LogP contribution in [0.4, 0.5) is 0 Å². The summed E-state index contributed by atoms with van der Waals surface area (Å²) < 4.78 is 5.41. The van der Waals surface area contributed by atoms with Crippen molar-refractivity contribution in [3.8, 4) is 45.8 Å². The van der Waals surface area contributed by atoms with Gasteiger partial charge < -0.3 is 40.2 Å². The smallest absolute Gasteiger partial charge is 0.328 e. The van der Waals surface area contributed by atoms with Crippen molar-refractivity contribution in [1.29, 1.82) is 0 Å². The van der Waals surface area contributed by atoms with Crippen molar-refractivity contribution in [1.82, 2.24) is 0 Å². The van der Waals surface area contributed by atoms with Crippen LogP contribution in [0.5, 0.6) is 34.5 Å². The van der Waals surface area contributed by atoms with E-state index in [9.17, 15) is 30.0 Å². The van der Waals surface area contributed by atoms with Gasteiger partial charge >= 0.3 is 5.97 Å². The van der Waals surface area contributed by atoms with Crippen LogP contribution in [0.2, 0.25) is 0 Å². The number of fused-ring (bicyclic) bond motifs is 1. The van der Waals surface area contributed by atoms with E-state index in [0.717, 1.165) is 12.1 Å². The zero-order valence-electron chi connectivity index (χ0n) is 17.2. The summed E-state index contributed by atoms with van der Waals surface area (Å²) in [5, 5.41) is 64.4. The fourth-order valence-electron chi connectivity index (χ4n) is 2.90. The van der Waals surface area contributed by atoms with Gasteiger partial charge in [0.1, 0.15) is 28.2 Å². The Kier molecular flexibility index (Phi) is 6.63. The van der Waals surface area contributed by atoms with Gasteiger partial charge in [-0.1, -0.05) is 6.07 Å². The molecule has 4 rings (SSSR count). The highest BCUT2D eigenvalue weighted by atomic mass is 16.4. The Morgan fingerprint density at radius 3 is 2.06 bits per heavy atom. The molecule has 4 aromatic rings. The molecule has 0 aliphatic heterocycles. The summed E-state index contributed by atoms with van der Waals surface area (Å²) in [5.41, 5.74) is 0.0139. The SMILES string of the molecule is O=C(O)/C=C/c1ccc(O)c(O)c1.O=c1c(O)c(-c2ccc(O)cc2)oc2cc(O)cc(O)c12. The fraction of sp³-hybridized carbons (Fsp3) is 0. The van der Waals surface area contributed by atoms with Gasteiger partial charge in [-0.05, 0) is 48.0 Å². The second-order valence-electron chi connectivity index (χ2n) is 6.91. The first-order valence-electron chi connectivity index (χ1n) is 9.51. The molecule has 0 saturated carbocycles. The number of rotatable bonds is 3. The van der Waals surface area contributed by atoms with E-state index < -0.39 is 22.9 Å². The predicted molar refractivity (Wildman–Crippen MR) is 121 cm³/mol. The average molecular weight is 466 g/mol. The molecule has 3 aromatic carbocycles. The Labute approximate surface area is 190 Å². The van der Waals surface area contributed by atoms with E-state index in [0.29, 0.717) is 11.1 Å². The van der Waals surface area contributed by atoms with Crippen molar-refractivity contribution in [3.63, 3.8) is 0 Å². The maximum absolute atomic E-state index is 12.1. The molecule has 7 N–H and O–H groups in total. The first-order chi connectivity index (χ1) is 16.1. The van der Waals surface area contributed by atoms with Crippen molar-refractivity contribution in [2.45, 2.75) is 0 Å². The molecule has 0 fully saturated rings. The highest BCUT2D eigenvalue weighted by molar-refractivity contribution is 5.88. The topological polar surface area (TPSA) is 189 Å². The zero-order valence-corrected chi connectivity index (χ0v) is 17.2. The third kappa shape index (κ3) is 5.19. The quantitative estimate of drug-likeness (QED) is 0.174. The standard InChI is InChI=1S/C15H10O6.C9H8O4/c16-8-3-1-7(2-4-8)15-14(20)13(19)12-10(18)5-9(17)6-11(12)21-15;10-7-3-1-6(5-8(7)11)2-4-9(12)13/h1-6,16-18,20H;1-5,10-11H,(H,12,13)/b;4-2+. The number of carbonyl (C=O) groups is 1. The minimum absolute atomic E-state index is 0.0247. The van der Waals surface area contributed by atoms with Gasteiger partial charge in [-0.2, -0.15) is 0 Å². The summed E-state index contributed by atoms with van der Waals surface area (Å²) in [7, 11) is 0. The van der Waals surface area contributed by atoms with Gasteiger partial charge in [0.25, 0.3) is 0 Å². The van der Waals surface area contributed by atoms with Gasteiger partial charge in [-0.3, -0.25) is 4.79 Å². The highest BCUT2D eigenvalue weighted by Gasteiger charge is 2.18. The van der Waals surface area contributed by atoms with E-state index in [-0.39, 0.29) is 39.7 Å². The maximum Gasteiger partial charge on any atom is 0.328 e. The van der Waals surface area contributed by atoms with Crippen molar-refractivity contribution in [2.24, 2.45) is 0 Å². The lowest BCUT2D eigenvalue weighted by Crippen LogP contribution is -2.02. The molecule has 0 unspecified atom stereocenters. The minimum atomic E-state index is -1.06. The first-order valence-corrected chi connectivity index (χ1v) is 9.51. The van der Waals surface area contributed by atoms with Gasteiger partial charge in [-0.25, -0.2) is 4.79 Å². The summed E-state index contributed by atoms with van der Waals surface area (Å²) in [6.45, 7) is 0. The Morgan fingerprint density at radius 1 is 0.765 bits per heavy atom. The second kappa shape index (κ2) is 9.57. The Morgan fingerprint density at radius 2 is 1.44 bits per heavy atom. The molecule has 0 radical (unpaired) electrons. The minimum Gasteiger partial charge on any atom is -0.508 e. The van der Waals surface area contributed by atoms with Crippen LogP contribution in [-0.2, 0) is 4.79 Å². The van der Waals surface area contributed by atoms with Crippen molar-refractivity contribution < 1.29 is 45.0 Å². The Balaban J connectivity index is 0.000000215. The number of aliphatic carboxylic acids is 1. The van der Waals surface area contributed by atoms with Gasteiger partial charge in [-0.15, -0.1) is 0 Å². The van der Waals surface area contributed by atoms with Crippen LogP contribution in [-0.4, -0.2) is 41.7 Å². The summed E-state index contributed by atoms with van der Waals surface area (Å²) in [6, 6.07) is 11.9. The lowest BCUT2D eigenvalue weighted by atomic mass is 10.1. The summed E-state index contributed by atoms with van der Waals surface area (Å²) in [5.74, 6) is -3.06. The lowest BCUT2D eigenvalue weighted by molar-refractivity contribution is -0.131. The van der Waals surface area contributed by atoms with Crippen molar-refractivity contribution in [3.05, 3.63) is 76.5 Å². The van der Waals surface area contributed by atoms with Crippen LogP contribution in [0.1, 0.15) is 5.56 Å². The number of hydrogen-bond donors (Lipinski definition) is 7. The maximum atomic E-state index is 12.1. The van der Waals surface area contributed by atoms with Crippen molar-refractivity contribution in [2.75, 3.05) is 0 Å². The molecule has 0 aliphatic carbocycles. The molecule has 174 valence electrons. The predicted octanol–water partition coefficient (Wildman–Crippen LogP) is 3.48. The van der Waals surface area contributed by atoms with E-state index in [4.69, 9.17) is 19.7 Å². The lowest BCUT2D eigenvalue weighted by Gasteiger charge is -2.07. The highest BCUT2D eigenvalue weighted by Crippen LogP contribution is 2.35. The van der Waals surface area contributed by atoms with E-state index in [1.54, 1.807) is 0 Å². The van der Waals surface area contributed by atoms with Crippen LogP contribution in [0.15, 0.2) is 69.9 Å². The summed E-state index contributed by atoms with van der Waals surface area (Å²) in [6.07, 6.45) is 2.27. The first kappa shape index (κ1) is 23.5. The second-order valence-corrected chi connectivity index (χ2v) is 6.91. The number of phenols is 5.